The zero-order chi connectivity index (χ0) is 24.0. The Kier molecular flexibility index (Phi) is 9.80. The maximum Gasteiger partial charge on any atom is 0.172 e. The van der Waals surface area contributed by atoms with E-state index in [0.717, 1.165) is 65.7 Å². The zero-order valence-electron chi connectivity index (χ0n) is 20.9. The van der Waals surface area contributed by atoms with Gasteiger partial charge < -0.3 is 9.84 Å². The minimum Gasteiger partial charge on any atom is -0.496 e. The number of aryl methyl sites for hydroxylation is 2. The first-order valence-corrected chi connectivity index (χ1v) is 14.1. The highest BCUT2D eigenvalue weighted by molar-refractivity contribution is 7.98. The van der Waals surface area contributed by atoms with Crippen LogP contribution in [0.4, 0.5) is 0 Å². The molecule has 1 aromatic carbocycles. The SMILES string of the molecule is CCC(/C=C/n1c(SC)nc(C)c1-c1cc(SNC2CCC(O)CC2)c(OC)cc1C)CC. The highest BCUT2D eigenvalue weighted by atomic mass is 32.2. The first kappa shape index (κ1) is 26.2. The van der Waals surface area contributed by atoms with Crippen molar-refractivity contribution in [3.63, 3.8) is 0 Å². The molecule has 0 aliphatic heterocycles. The topological polar surface area (TPSA) is 59.3 Å². The normalized spacial score (nSPS) is 19.0. The Balaban J connectivity index is 1.97. The van der Waals surface area contributed by atoms with E-state index in [4.69, 9.17) is 9.72 Å². The fraction of sp³-hybridized carbons (Fsp3) is 0.577. The molecule has 0 bridgehead atoms. The van der Waals surface area contributed by atoms with Gasteiger partial charge in [0.1, 0.15) is 5.75 Å². The average molecular weight is 490 g/mol. The standard InChI is InChI=1S/C26H39N3O2S2/c1-7-19(8-2)13-14-29-25(18(4)27-26(29)32-6)22-16-24(23(31-5)15-17(22)3)33-28-20-9-11-21(30)12-10-20/h13-16,19-21,28,30H,7-12H2,1-6H3/b14-13+. The molecule has 1 aliphatic rings. The van der Waals surface area contributed by atoms with Gasteiger partial charge in [-0.3, -0.25) is 9.29 Å². The third-order valence-corrected chi connectivity index (χ3v) is 8.23. The van der Waals surface area contributed by atoms with E-state index in [1.807, 2.05) is 0 Å². The summed E-state index contributed by atoms with van der Waals surface area (Å²) in [5.74, 6) is 1.45. The number of hydrogen-bond acceptors (Lipinski definition) is 6. The Morgan fingerprint density at radius 3 is 2.52 bits per heavy atom. The van der Waals surface area contributed by atoms with Crippen LogP contribution in [0.1, 0.15) is 63.6 Å². The van der Waals surface area contributed by atoms with Crippen molar-refractivity contribution in [1.82, 2.24) is 14.3 Å². The molecule has 0 atom stereocenters. The number of methoxy groups -OCH3 is 1. The number of thioether (sulfide) groups is 1. The maximum absolute atomic E-state index is 9.80. The second-order valence-electron chi connectivity index (χ2n) is 8.86. The summed E-state index contributed by atoms with van der Waals surface area (Å²) in [4.78, 5) is 5.95. The van der Waals surface area contributed by atoms with E-state index in [-0.39, 0.29) is 6.10 Å². The van der Waals surface area contributed by atoms with Crippen LogP contribution in [0, 0.1) is 19.8 Å². The van der Waals surface area contributed by atoms with Crippen LogP contribution >= 0.6 is 23.7 Å². The van der Waals surface area contributed by atoms with Gasteiger partial charge in [0.15, 0.2) is 5.16 Å². The average Bonchev–Trinajstić information content (AvgIpc) is 3.14. The fourth-order valence-corrected chi connectivity index (χ4v) is 5.92. The van der Waals surface area contributed by atoms with Gasteiger partial charge in [0, 0.05) is 17.8 Å². The van der Waals surface area contributed by atoms with E-state index in [1.165, 1.54) is 11.1 Å². The molecule has 1 heterocycles. The number of aliphatic hydroxyl groups is 1. The molecule has 33 heavy (non-hydrogen) atoms. The van der Waals surface area contributed by atoms with Gasteiger partial charge in [-0.2, -0.15) is 0 Å². The van der Waals surface area contributed by atoms with E-state index < -0.39 is 0 Å². The number of allylic oxidation sites excluding steroid dienone is 1. The molecule has 1 saturated carbocycles. The number of hydrogen-bond donors (Lipinski definition) is 2. The smallest absolute Gasteiger partial charge is 0.172 e. The molecule has 0 amide bonds. The molecule has 3 rings (SSSR count). The lowest BCUT2D eigenvalue weighted by atomic mass is 9.94. The second-order valence-corrected chi connectivity index (χ2v) is 10.5. The van der Waals surface area contributed by atoms with Gasteiger partial charge in [0.25, 0.3) is 0 Å². The molecule has 0 unspecified atom stereocenters. The molecule has 0 spiro atoms. The monoisotopic (exact) mass is 489 g/mol. The summed E-state index contributed by atoms with van der Waals surface area (Å²) in [6, 6.07) is 4.77. The Hall–Kier alpha value is -1.41. The minimum absolute atomic E-state index is 0.143. The first-order chi connectivity index (χ1) is 15.9. The summed E-state index contributed by atoms with van der Waals surface area (Å²) in [5.41, 5.74) is 4.53. The Morgan fingerprint density at radius 1 is 1.21 bits per heavy atom. The van der Waals surface area contributed by atoms with Crippen molar-refractivity contribution in [2.45, 2.75) is 88.4 Å². The number of rotatable bonds is 10. The van der Waals surface area contributed by atoms with E-state index in [9.17, 15) is 5.11 Å². The van der Waals surface area contributed by atoms with Crippen molar-refractivity contribution >= 4 is 29.9 Å². The van der Waals surface area contributed by atoms with Gasteiger partial charge in [-0.15, -0.1) is 0 Å². The number of aliphatic hydroxyl groups excluding tert-OH is 1. The van der Waals surface area contributed by atoms with Gasteiger partial charge in [-0.1, -0.05) is 31.7 Å². The van der Waals surface area contributed by atoms with Crippen LogP contribution in [-0.4, -0.2) is 40.2 Å². The summed E-state index contributed by atoms with van der Waals surface area (Å²) in [6.07, 6.45) is 12.5. The van der Waals surface area contributed by atoms with Crippen LogP contribution < -0.4 is 9.46 Å². The molecule has 1 fully saturated rings. The molecule has 1 aromatic heterocycles. The molecule has 182 valence electrons. The predicted molar refractivity (Wildman–Crippen MR) is 142 cm³/mol. The van der Waals surface area contributed by atoms with Gasteiger partial charge >= 0.3 is 0 Å². The van der Waals surface area contributed by atoms with E-state index >= 15 is 0 Å². The third-order valence-electron chi connectivity index (χ3n) is 6.59. The number of ether oxygens (including phenoxy) is 1. The minimum atomic E-state index is -0.143. The molecular formula is C26H39N3O2S2. The fourth-order valence-electron chi connectivity index (χ4n) is 4.39. The summed E-state index contributed by atoms with van der Waals surface area (Å²) in [5, 5.41) is 10.8. The van der Waals surface area contributed by atoms with Crippen LogP contribution in [-0.2, 0) is 0 Å². The zero-order valence-corrected chi connectivity index (χ0v) is 22.5. The summed E-state index contributed by atoms with van der Waals surface area (Å²) in [7, 11) is 1.73. The Labute approximate surface area is 207 Å². The van der Waals surface area contributed by atoms with Crippen molar-refractivity contribution in [2.75, 3.05) is 13.4 Å². The molecule has 2 aromatic rings. The lowest BCUT2D eigenvalue weighted by Gasteiger charge is -2.26. The Bertz CT molecular complexity index is 945. The van der Waals surface area contributed by atoms with Crippen molar-refractivity contribution in [2.24, 2.45) is 5.92 Å². The molecule has 2 N–H and O–H groups in total. The highest BCUT2D eigenvalue weighted by Gasteiger charge is 2.22. The number of imidazole rings is 1. The lowest BCUT2D eigenvalue weighted by Crippen LogP contribution is -2.30. The van der Waals surface area contributed by atoms with Crippen molar-refractivity contribution in [3.8, 4) is 17.0 Å². The van der Waals surface area contributed by atoms with Crippen LogP contribution in [0.25, 0.3) is 17.5 Å². The van der Waals surface area contributed by atoms with Crippen LogP contribution in [0.15, 0.2) is 28.3 Å². The Morgan fingerprint density at radius 2 is 1.91 bits per heavy atom. The van der Waals surface area contributed by atoms with E-state index in [2.05, 4.69) is 67.6 Å². The summed E-state index contributed by atoms with van der Waals surface area (Å²) in [6.45, 7) is 8.72. The number of nitrogens with zero attached hydrogens (tertiary/aromatic N) is 2. The van der Waals surface area contributed by atoms with Gasteiger partial charge in [0.2, 0.25) is 0 Å². The number of nitrogens with one attached hydrogen (secondary N) is 1. The predicted octanol–water partition coefficient (Wildman–Crippen LogP) is 6.70. The van der Waals surface area contributed by atoms with Crippen LogP contribution in [0.5, 0.6) is 5.75 Å². The highest BCUT2D eigenvalue weighted by Crippen LogP contribution is 2.38. The molecule has 0 radical (unpaired) electrons. The second kappa shape index (κ2) is 12.3. The molecule has 0 saturated heterocycles. The van der Waals surface area contributed by atoms with Crippen molar-refractivity contribution < 1.29 is 9.84 Å². The van der Waals surface area contributed by atoms with Crippen molar-refractivity contribution in [3.05, 3.63) is 29.5 Å². The molecule has 5 nitrogen and oxygen atoms in total. The number of benzene rings is 1. The van der Waals surface area contributed by atoms with E-state index in [0.29, 0.717) is 12.0 Å². The number of aromatic nitrogens is 2. The van der Waals surface area contributed by atoms with Gasteiger partial charge in [0.05, 0.1) is 29.5 Å². The van der Waals surface area contributed by atoms with E-state index in [1.54, 1.807) is 30.8 Å². The molecule has 1 aliphatic carbocycles. The van der Waals surface area contributed by atoms with Crippen LogP contribution in [0.2, 0.25) is 0 Å². The maximum atomic E-state index is 9.80. The quantitative estimate of drug-likeness (QED) is 0.286. The van der Waals surface area contributed by atoms with Gasteiger partial charge in [-0.05, 0) is 94.2 Å². The van der Waals surface area contributed by atoms with Gasteiger partial charge in [-0.25, -0.2) is 4.98 Å². The third kappa shape index (κ3) is 6.38. The van der Waals surface area contributed by atoms with Crippen molar-refractivity contribution in [1.29, 1.82) is 0 Å². The lowest BCUT2D eigenvalue weighted by molar-refractivity contribution is 0.121. The largest absolute Gasteiger partial charge is 0.496 e. The molecule has 7 heteroatoms. The molecular weight excluding hydrogens is 450 g/mol. The summed E-state index contributed by atoms with van der Waals surface area (Å²) >= 11 is 3.31. The van der Waals surface area contributed by atoms with Crippen LogP contribution in [0.3, 0.4) is 0 Å². The first-order valence-electron chi connectivity index (χ1n) is 12.0. The summed E-state index contributed by atoms with van der Waals surface area (Å²) < 4.78 is 11.6.